The van der Waals surface area contributed by atoms with E-state index in [1.807, 2.05) is 40.8 Å². The van der Waals surface area contributed by atoms with Gasteiger partial charge < -0.3 is 9.64 Å². The maximum atomic E-state index is 12.8. The smallest absolute Gasteiger partial charge is 0.273 e. The van der Waals surface area contributed by atoms with Crippen molar-refractivity contribution in [1.82, 2.24) is 9.88 Å². The quantitative estimate of drug-likeness (QED) is 0.797. The molecule has 6 heteroatoms. The SMILES string of the molecule is COc1ccccc1[C@@H]1CCCN1C(=O)c1csc(SC)n1. The van der Waals surface area contributed by atoms with E-state index in [1.54, 1.807) is 18.9 Å². The fraction of sp³-hybridized carbons (Fsp3) is 0.375. The summed E-state index contributed by atoms with van der Waals surface area (Å²) in [5, 5.41) is 1.85. The van der Waals surface area contributed by atoms with Crippen molar-refractivity contribution in [3.8, 4) is 5.75 Å². The Balaban J connectivity index is 1.88. The Labute approximate surface area is 138 Å². The molecule has 0 aliphatic carbocycles. The van der Waals surface area contributed by atoms with Crippen molar-refractivity contribution < 1.29 is 9.53 Å². The van der Waals surface area contributed by atoms with Crippen LogP contribution in [0.2, 0.25) is 0 Å². The molecule has 3 rings (SSSR count). The van der Waals surface area contributed by atoms with Crippen LogP contribution in [-0.4, -0.2) is 35.7 Å². The third kappa shape index (κ3) is 2.85. The molecule has 0 bridgehead atoms. The molecular formula is C16H18N2O2S2. The van der Waals surface area contributed by atoms with E-state index in [-0.39, 0.29) is 11.9 Å². The minimum atomic E-state index is 0.0185. The monoisotopic (exact) mass is 334 g/mol. The number of likely N-dealkylation sites (tertiary alicyclic amines) is 1. The summed E-state index contributed by atoms with van der Waals surface area (Å²) in [6.45, 7) is 0.772. The second-order valence-corrected chi connectivity index (χ2v) is 7.01. The highest BCUT2D eigenvalue weighted by atomic mass is 32.2. The zero-order chi connectivity index (χ0) is 15.5. The average Bonchev–Trinajstić information content (AvgIpc) is 3.23. The van der Waals surface area contributed by atoms with E-state index in [4.69, 9.17) is 4.74 Å². The van der Waals surface area contributed by atoms with Gasteiger partial charge >= 0.3 is 0 Å². The van der Waals surface area contributed by atoms with Crippen LogP contribution in [0.4, 0.5) is 0 Å². The van der Waals surface area contributed by atoms with Gasteiger partial charge in [0.2, 0.25) is 0 Å². The van der Waals surface area contributed by atoms with E-state index in [1.165, 1.54) is 11.3 Å². The van der Waals surface area contributed by atoms with Crippen molar-refractivity contribution in [2.75, 3.05) is 19.9 Å². The zero-order valence-electron chi connectivity index (χ0n) is 12.6. The van der Waals surface area contributed by atoms with Crippen LogP contribution in [0.3, 0.4) is 0 Å². The van der Waals surface area contributed by atoms with Gasteiger partial charge in [0.15, 0.2) is 0 Å². The Bertz CT molecular complexity index is 672. The van der Waals surface area contributed by atoms with Crippen molar-refractivity contribution in [3.05, 3.63) is 40.9 Å². The number of nitrogens with zero attached hydrogens (tertiary/aromatic N) is 2. The number of aromatic nitrogens is 1. The van der Waals surface area contributed by atoms with Crippen molar-refractivity contribution in [2.24, 2.45) is 0 Å². The summed E-state index contributed by atoms with van der Waals surface area (Å²) < 4.78 is 6.39. The van der Waals surface area contributed by atoms with Crippen LogP contribution in [0.1, 0.15) is 34.9 Å². The van der Waals surface area contributed by atoms with Crippen LogP contribution in [0, 0.1) is 0 Å². The second-order valence-electron chi connectivity index (χ2n) is 5.10. The summed E-state index contributed by atoms with van der Waals surface area (Å²) in [6, 6.07) is 8.01. The summed E-state index contributed by atoms with van der Waals surface area (Å²) in [7, 11) is 1.67. The zero-order valence-corrected chi connectivity index (χ0v) is 14.2. The summed E-state index contributed by atoms with van der Waals surface area (Å²) in [4.78, 5) is 19.1. The van der Waals surface area contributed by atoms with Gasteiger partial charge in [-0.2, -0.15) is 0 Å². The number of ether oxygens (including phenoxy) is 1. The maximum Gasteiger partial charge on any atom is 0.273 e. The first-order valence-corrected chi connectivity index (χ1v) is 9.28. The van der Waals surface area contributed by atoms with Gasteiger partial charge in [-0.1, -0.05) is 30.0 Å². The van der Waals surface area contributed by atoms with Gasteiger partial charge in [0, 0.05) is 17.5 Å². The molecular weight excluding hydrogens is 316 g/mol. The lowest BCUT2D eigenvalue weighted by Crippen LogP contribution is -2.31. The number of thioether (sulfide) groups is 1. The molecule has 0 radical (unpaired) electrons. The van der Waals surface area contributed by atoms with Gasteiger partial charge in [0.25, 0.3) is 5.91 Å². The second kappa shape index (κ2) is 6.71. The Hall–Kier alpha value is -1.53. The Morgan fingerprint density at radius 1 is 1.45 bits per heavy atom. The molecule has 0 spiro atoms. The molecule has 1 aliphatic rings. The number of carbonyl (C=O) groups is 1. The minimum absolute atomic E-state index is 0.0185. The summed E-state index contributed by atoms with van der Waals surface area (Å²) in [6.07, 6.45) is 3.94. The fourth-order valence-corrected chi connectivity index (χ4v) is 4.11. The molecule has 2 aromatic rings. The molecule has 1 aromatic heterocycles. The van der Waals surface area contributed by atoms with Crippen molar-refractivity contribution in [2.45, 2.75) is 23.2 Å². The number of methoxy groups -OCH3 is 1. The Morgan fingerprint density at radius 2 is 2.27 bits per heavy atom. The molecule has 1 fully saturated rings. The number of benzene rings is 1. The molecule has 2 heterocycles. The van der Waals surface area contributed by atoms with E-state index in [2.05, 4.69) is 4.98 Å². The fourth-order valence-electron chi connectivity index (χ4n) is 2.87. The van der Waals surface area contributed by atoms with Crippen molar-refractivity contribution in [1.29, 1.82) is 0 Å². The summed E-state index contributed by atoms with van der Waals surface area (Å²) >= 11 is 3.09. The summed E-state index contributed by atoms with van der Waals surface area (Å²) in [5.74, 6) is 0.861. The first kappa shape index (κ1) is 15.4. The van der Waals surface area contributed by atoms with Crippen LogP contribution in [0.25, 0.3) is 0 Å². The Morgan fingerprint density at radius 3 is 3.00 bits per heavy atom. The average molecular weight is 334 g/mol. The highest BCUT2D eigenvalue weighted by Crippen LogP contribution is 2.37. The van der Waals surface area contributed by atoms with Gasteiger partial charge in [-0.25, -0.2) is 4.98 Å². The van der Waals surface area contributed by atoms with Gasteiger partial charge in [0.1, 0.15) is 15.8 Å². The molecule has 1 saturated heterocycles. The van der Waals surface area contributed by atoms with Crippen LogP contribution in [0.5, 0.6) is 5.75 Å². The molecule has 0 N–H and O–H groups in total. The molecule has 4 nitrogen and oxygen atoms in total. The van der Waals surface area contributed by atoms with Gasteiger partial charge in [-0.3, -0.25) is 4.79 Å². The van der Waals surface area contributed by atoms with E-state index < -0.39 is 0 Å². The first-order valence-electron chi connectivity index (χ1n) is 7.18. The topological polar surface area (TPSA) is 42.4 Å². The van der Waals surface area contributed by atoms with Gasteiger partial charge in [-0.05, 0) is 25.2 Å². The molecule has 116 valence electrons. The predicted octanol–water partition coefficient (Wildman–Crippen LogP) is 3.85. The normalized spacial score (nSPS) is 17.7. The molecule has 22 heavy (non-hydrogen) atoms. The van der Waals surface area contributed by atoms with Crippen LogP contribution in [0.15, 0.2) is 34.0 Å². The number of rotatable bonds is 4. The lowest BCUT2D eigenvalue weighted by molar-refractivity contribution is 0.0728. The van der Waals surface area contributed by atoms with E-state index in [9.17, 15) is 4.79 Å². The number of amides is 1. The lowest BCUT2D eigenvalue weighted by Gasteiger charge is -2.25. The van der Waals surface area contributed by atoms with Crippen LogP contribution in [-0.2, 0) is 0 Å². The minimum Gasteiger partial charge on any atom is -0.496 e. The predicted molar refractivity (Wildman–Crippen MR) is 89.9 cm³/mol. The largest absolute Gasteiger partial charge is 0.496 e. The highest BCUT2D eigenvalue weighted by molar-refractivity contribution is 8.00. The number of carbonyl (C=O) groups excluding carboxylic acids is 1. The number of hydrogen-bond acceptors (Lipinski definition) is 5. The van der Waals surface area contributed by atoms with Gasteiger partial charge in [0.05, 0.1) is 13.2 Å². The molecule has 1 aliphatic heterocycles. The van der Waals surface area contributed by atoms with E-state index >= 15 is 0 Å². The molecule has 1 aromatic carbocycles. The van der Waals surface area contributed by atoms with Crippen LogP contribution < -0.4 is 4.74 Å². The third-order valence-electron chi connectivity index (χ3n) is 3.89. The van der Waals surface area contributed by atoms with Crippen molar-refractivity contribution in [3.63, 3.8) is 0 Å². The molecule has 1 atom stereocenters. The highest BCUT2D eigenvalue weighted by Gasteiger charge is 2.33. The van der Waals surface area contributed by atoms with E-state index in [0.29, 0.717) is 5.69 Å². The Kier molecular flexibility index (Phi) is 4.69. The van der Waals surface area contributed by atoms with Crippen LogP contribution >= 0.6 is 23.1 Å². The lowest BCUT2D eigenvalue weighted by atomic mass is 10.0. The number of hydrogen-bond donors (Lipinski definition) is 0. The molecule has 0 saturated carbocycles. The molecule has 0 unspecified atom stereocenters. The van der Waals surface area contributed by atoms with Gasteiger partial charge in [-0.15, -0.1) is 11.3 Å². The van der Waals surface area contributed by atoms with E-state index in [0.717, 1.165) is 35.0 Å². The maximum absolute atomic E-state index is 12.8. The number of para-hydroxylation sites is 1. The standard InChI is InChI=1S/C16H18N2O2S2/c1-20-14-8-4-3-6-11(14)13-7-5-9-18(13)15(19)12-10-22-16(17-12)21-2/h3-4,6,8,10,13H,5,7,9H2,1-2H3/t13-/m0/s1. The van der Waals surface area contributed by atoms with Crippen molar-refractivity contribution >= 4 is 29.0 Å². The molecule has 1 amide bonds. The third-order valence-corrected chi connectivity index (χ3v) is 5.75. The summed E-state index contributed by atoms with van der Waals surface area (Å²) in [5.41, 5.74) is 1.63. The first-order chi connectivity index (χ1) is 10.7. The number of thiazole rings is 1.